The predicted octanol–water partition coefficient (Wildman–Crippen LogP) is 4.23. The molecule has 2 aromatic carbocycles. The Hall–Kier alpha value is -2.41. The van der Waals surface area contributed by atoms with Crippen LogP contribution in [0.1, 0.15) is 17.5 Å². The SMILES string of the molecule is CO[C@@H]1C[C@H](N=[N+]=[N-])[C@@H](OCc2ccccc2)[C@@H](COCc2ccccc2)O1. The molecule has 1 aliphatic heterocycles. The maximum Gasteiger partial charge on any atom is 0.158 e. The van der Waals surface area contributed by atoms with Gasteiger partial charge >= 0.3 is 0 Å². The van der Waals surface area contributed by atoms with Gasteiger partial charge < -0.3 is 18.9 Å². The van der Waals surface area contributed by atoms with Gasteiger partial charge in [-0.1, -0.05) is 65.8 Å². The summed E-state index contributed by atoms with van der Waals surface area (Å²) in [5.74, 6) is 0. The zero-order valence-electron chi connectivity index (χ0n) is 15.9. The molecule has 0 spiro atoms. The van der Waals surface area contributed by atoms with Crippen molar-refractivity contribution in [3.05, 3.63) is 82.2 Å². The molecule has 7 heteroatoms. The van der Waals surface area contributed by atoms with Gasteiger partial charge in [0.15, 0.2) is 6.29 Å². The summed E-state index contributed by atoms with van der Waals surface area (Å²) in [5, 5.41) is 3.93. The normalized spacial score (nSPS) is 24.5. The third-order valence-electron chi connectivity index (χ3n) is 4.65. The second-order valence-corrected chi connectivity index (χ2v) is 6.61. The van der Waals surface area contributed by atoms with Crippen LogP contribution < -0.4 is 0 Å². The van der Waals surface area contributed by atoms with Crippen LogP contribution >= 0.6 is 0 Å². The number of methoxy groups -OCH3 is 1. The number of hydrogen-bond donors (Lipinski definition) is 0. The fourth-order valence-corrected chi connectivity index (χ4v) is 3.22. The van der Waals surface area contributed by atoms with Crippen molar-refractivity contribution in [2.75, 3.05) is 13.7 Å². The van der Waals surface area contributed by atoms with E-state index in [0.717, 1.165) is 11.1 Å². The lowest BCUT2D eigenvalue weighted by molar-refractivity contribution is -0.239. The number of hydrogen-bond acceptors (Lipinski definition) is 5. The summed E-state index contributed by atoms with van der Waals surface area (Å²) in [5.41, 5.74) is 11.1. The molecule has 148 valence electrons. The Morgan fingerprint density at radius 1 is 1.04 bits per heavy atom. The van der Waals surface area contributed by atoms with Crippen LogP contribution in [-0.4, -0.2) is 38.3 Å². The third-order valence-corrected chi connectivity index (χ3v) is 4.65. The summed E-state index contributed by atoms with van der Waals surface area (Å²) in [4.78, 5) is 2.99. The lowest BCUT2D eigenvalue weighted by Crippen LogP contribution is -2.51. The maximum absolute atomic E-state index is 8.98. The van der Waals surface area contributed by atoms with Crippen molar-refractivity contribution < 1.29 is 18.9 Å². The standard InChI is InChI=1S/C21H25N3O4/c1-25-20-12-18(23-24-22)21(27-14-17-10-6-3-7-11-17)19(28-20)15-26-13-16-8-4-2-5-9-16/h2-11,18-21H,12-15H2,1H3/t18-,19+,20-,21+/m0/s1. The van der Waals surface area contributed by atoms with Gasteiger partial charge in [-0.2, -0.15) is 0 Å². The molecular formula is C21H25N3O4. The van der Waals surface area contributed by atoms with Crippen molar-refractivity contribution in [3.63, 3.8) is 0 Å². The number of ether oxygens (including phenoxy) is 4. The van der Waals surface area contributed by atoms with Crippen molar-refractivity contribution in [1.29, 1.82) is 0 Å². The summed E-state index contributed by atoms with van der Waals surface area (Å²) in [6, 6.07) is 19.4. The molecule has 1 heterocycles. The van der Waals surface area contributed by atoms with Gasteiger partial charge in [0.2, 0.25) is 0 Å². The van der Waals surface area contributed by atoms with Crippen LogP contribution in [0.5, 0.6) is 0 Å². The third kappa shape index (κ3) is 5.79. The van der Waals surface area contributed by atoms with Gasteiger partial charge in [0.1, 0.15) is 6.10 Å². The second-order valence-electron chi connectivity index (χ2n) is 6.61. The molecule has 0 aromatic heterocycles. The minimum absolute atomic E-state index is 0.311. The average Bonchev–Trinajstić information content (AvgIpc) is 2.74. The summed E-state index contributed by atoms with van der Waals surface area (Å²) in [6.45, 7) is 1.18. The number of rotatable bonds is 9. The van der Waals surface area contributed by atoms with E-state index in [4.69, 9.17) is 24.5 Å². The molecule has 0 aliphatic carbocycles. The Kier molecular flexibility index (Phi) is 7.84. The highest BCUT2D eigenvalue weighted by Crippen LogP contribution is 2.27. The first kappa shape index (κ1) is 20.3. The molecule has 0 N–H and O–H groups in total. The van der Waals surface area contributed by atoms with Gasteiger partial charge in [0.05, 0.1) is 32.0 Å². The largest absolute Gasteiger partial charge is 0.374 e. The molecule has 1 fully saturated rings. The van der Waals surface area contributed by atoms with Crippen molar-refractivity contribution in [1.82, 2.24) is 0 Å². The van der Waals surface area contributed by atoms with E-state index in [9.17, 15) is 0 Å². The smallest absolute Gasteiger partial charge is 0.158 e. The molecule has 0 radical (unpaired) electrons. The van der Waals surface area contributed by atoms with E-state index in [0.29, 0.717) is 26.2 Å². The molecule has 0 saturated carbocycles. The van der Waals surface area contributed by atoms with E-state index in [-0.39, 0.29) is 0 Å². The first-order valence-electron chi connectivity index (χ1n) is 9.30. The van der Waals surface area contributed by atoms with Crippen LogP contribution in [0.3, 0.4) is 0 Å². The molecular weight excluding hydrogens is 358 g/mol. The molecule has 0 amide bonds. The quantitative estimate of drug-likeness (QED) is 0.368. The van der Waals surface area contributed by atoms with Gasteiger partial charge in [-0.3, -0.25) is 0 Å². The highest BCUT2D eigenvalue weighted by Gasteiger charge is 2.39. The Bertz CT molecular complexity index is 753. The summed E-state index contributed by atoms with van der Waals surface area (Å²) < 4.78 is 23.3. The van der Waals surface area contributed by atoms with E-state index < -0.39 is 24.5 Å². The average molecular weight is 383 g/mol. The zero-order chi connectivity index (χ0) is 19.6. The molecule has 2 aromatic rings. The van der Waals surface area contributed by atoms with Crippen molar-refractivity contribution in [2.24, 2.45) is 5.11 Å². The molecule has 1 aliphatic rings. The molecule has 4 atom stereocenters. The summed E-state index contributed by atoms with van der Waals surface area (Å²) in [6.07, 6.45) is -0.841. The molecule has 7 nitrogen and oxygen atoms in total. The summed E-state index contributed by atoms with van der Waals surface area (Å²) in [7, 11) is 1.57. The van der Waals surface area contributed by atoms with Crippen LogP contribution in [0.25, 0.3) is 10.4 Å². The molecule has 3 rings (SSSR count). The van der Waals surface area contributed by atoms with Gasteiger partial charge in [0, 0.05) is 18.4 Å². The van der Waals surface area contributed by atoms with Gasteiger partial charge in [-0.25, -0.2) is 0 Å². The maximum atomic E-state index is 8.98. The van der Waals surface area contributed by atoms with Crippen LogP contribution in [0, 0.1) is 0 Å². The minimum atomic E-state index is -0.461. The number of azide groups is 1. The molecule has 1 saturated heterocycles. The number of benzene rings is 2. The van der Waals surface area contributed by atoms with Crippen LogP contribution in [0.2, 0.25) is 0 Å². The fraction of sp³-hybridized carbons (Fsp3) is 0.429. The van der Waals surface area contributed by atoms with Crippen molar-refractivity contribution in [3.8, 4) is 0 Å². The monoisotopic (exact) mass is 383 g/mol. The molecule has 0 unspecified atom stereocenters. The highest BCUT2D eigenvalue weighted by atomic mass is 16.7. The van der Waals surface area contributed by atoms with E-state index in [1.165, 1.54) is 0 Å². The fourth-order valence-electron chi connectivity index (χ4n) is 3.22. The lowest BCUT2D eigenvalue weighted by Gasteiger charge is -2.39. The Morgan fingerprint density at radius 3 is 2.29 bits per heavy atom. The lowest BCUT2D eigenvalue weighted by atomic mass is 9.99. The van der Waals surface area contributed by atoms with E-state index in [2.05, 4.69) is 10.0 Å². The second kappa shape index (κ2) is 10.8. The molecule has 28 heavy (non-hydrogen) atoms. The minimum Gasteiger partial charge on any atom is -0.374 e. The Labute approximate surface area is 164 Å². The van der Waals surface area contributed by atoms with Crippen molar-refractivity contribution in [2.45, 2.75) is 44.2 Å². The van der Waals surface area contributed by atoms with Gasteiger partial charge in [0.25, 0.3) is 0 Å². The van der Waals surface area contributed by atoms with Crippen molar-refractivity contribution >= 4 is 0 Å². The van der Waals surface area contributed by atoms with Gasteiger partial charge in [-0.15, -0.1) is 0 Å². The first-order chi connectivity index (χ1) is 13.8. The highest BCUT2D eigenvalue weighted by molar-refractivity contribution is 5.14. The van der Waals surface area contributed by atoms with Crippen LogP contribution in [-0.2, 0) is 32.2 Å². The van der Waals surface area contributed by atoms with Crippen LogP contribution in [0.4, 0.5) is 0 Å². The molecule has 0 bridgehead atoms. The zero-order valence-corrected chi connectivity index (χ0v) is 15.9. The Balaban J connectivity index is 1.66. The first-order valence-corrected chi connectivity index (χ1v) is 9.30. The van der Waals surface area contributed by atoms with Crippen LogP contribution in [0.15, 0.2) is 65.8 Å². The predicted molar refractivity (Wildman–Crippen MR) is 104 cm³/mol. The van der Waals surface area contributed by atoms with E-state index >= 15 is 0 Å². The topological polar surface area (TPSA) is 85.7 Å². The Morgan fingerprint density at radius 2 is 1.68 bits per heavy atom. The summed E-state index contributed by atoms with van der Waals surface area (Å²) >= 11 is 0. The van der Waals surface area contributed by atoms with E-state index in [1.54, 1.807) is 7.11 Å². The number of nitrogens with zero attached hydrogens (tertiary/aromatic N) is 3. The van der Waals surface area contributed by atoms with Gasteiger partial charge in [-0.05, 0) is 16.7 Å². The van der Waals surface area contributed by atoms with E-state index in [1.807, 2.05) is 60.7 Å².